The van der Waals surface area contributed by atoms with Crippen molar-refractivity contribution in [2.75, 3.05) is 18.0 Å². The first-order valence-electron chi connectivity index (χ1n) is 11.5. The molecule has 2 heterocycles. The van der Waals surface area contributed by atoms with Crippen LogP contribution in [0.25, 0.3) is 22.3 Å². The lowest BCUT2D eigenvalue weighted by molar-refractivity contribution is -0.137. The Kier molecular flexibility index (Phi) is 5.99. The molecule has 4 aromatic rings. The van der Waals surface area contributed by atoms with Crippen molar-refractivity contribution in [1.29, 1.82) is 0 Å². The number of alkyl halides is 3. The van der Waals surface area contributed by atoms with Gasteiger partial charge in [0.15, 0.2) is 5.82 Å². The Morgan fingerprint density at radius 1 is 1.06 bits per heavy atom. The number of aromatic nitrogens is 2. The topological polar surface area (TPSA) is 78.4 Å². The summed E-state index contributed by atoms with van der Waals surface area (Å²) in [6.45, 7) is 2.88. The third kappa shape index (κ3) is 4.56. The Bertz CT molecular complexity index is 1450. The molecule has 1 amide bonds. The van der Waals surface area contributed by atoms with Crippen LogP contribution in [0.15, 0.2) is 66.7 Å². The van der Waals surface area contributed by atoms with Crippen LogP contribution in [-0.2, 0) is 6.18 Å². The van der Waals surface area contributed by atoms with Crippen LogP contribution < -0.4 is 10.2 Å². The number of carbonyl (C=O) groups excluding carboxylic acids is 1. The molecule has 0 saturated carbocycles. The number of aryl methyl sites for hydroxylation is 1. The lowest BCUT2D eigenvalue weighted by atomic mass is 10.1. The average Bonchev–Trinajstić information content (AvgIpc) is 3.31. The van der Waals surface area contributed by atoms with Gasteiger partial charge in [-0.1, -0.05) is 30.3 Å². The van der Waals surface area contributed by atoms with E-state index in [0.717, 1.165) is 17.0 Å². The lowest BCUT2D eigenvalue weighted by Crippen LogP contribution is -2.38. The fraction of sp³-hybridized carbons (Fsp3) is 0.222. The van der Waals surface area contributed by atoms with Gasteiger partial charge in [0, 0.05) is 24.5 Å². The van der Waals surface area contributed by atoms with Crippen LogP contribution in [-0.4, -0.2) is 40.1 Å². The number of benzene rings is 3. The number of hydrogen-bond acceptors (Lipinski definition) is 5. The minimum Gasteiger partial charge on any atom is -0.507 e. The molecule has 184 valence electrons. The highest BCUT2D eigenvalue weighted by atomic mass is 19.4. The second-order valence-corrected chi connectivity index (χ2v) is 8.86. The first-order chi connectivity index (χ1) is 17.2. The summed E-state index contributed by atoms with van der Waals surface area (Å²) in [5.74, 6) is 0.316. The molecule has 1 fully saturated rings. The third-order valence-electron chi connectivity index (χ3n) is 6.28. The summed E-state index contributed by atoms with van der Waals surface area (Å²) in [7, 11) is 0. The van der Waals surface area contributed by atoms with Crippen LogP contribution in [0.1, 0.15) is 27.9 Å². The summed E-state index contributed by atoms with van der Waals surface area (Å²) in [6, 6.07) is 17.1. The van der Waals surface area contributed by atoms with Gasteiger partial charge >= 0.3 is 6.18 Å². The summed E-state index contributed by atoms with van der Waals surface area (Å²) in [5, 5.41) is 13.9. The van der Waals surface area contributed by atoms with E-state index in [0.29, 0.717) is 42.2 Å². The number of rotatable bonds is 4. The SMILES string of the molecule is Cc1ccc2c(N3CCC(NC(=O)c4ccccc4C(F)(F)F)C3)nc(-c3ccccc3O)nc2c1. The van der Waals surface area contributed by atoms with Crippen molar-refractivity contribution in [2.45, 2.75) is 25.6 Å². The van der Waals surface area contributed by atoms with Gasteiger partial charge in [-0.25, -0.2) is 9.97 Å². The molecule has 3 aromatic carbocycles. The number of aromatic hydroxyl groups is 1. The highest BCUT2D eigenvalue weighted by molar-refractivity contribution is 5.96. The van der Waals surface area contributed by atoms with Gasteiger partial charge in [-0.15, -0.1) is 0 Å². The normalized spacial score (nSPS) is 15.9. The predicted octanol–water partition coefficient (Wildman–Crippen LogP) is 5.34. The number of amides is 1. The second-order valence-electron chi connectivity index (χ2n) is 8.86. The molecule has 1 aliphatic rings. The maximum Gasteiger partial charge on any atom is 0.417 e. The van der Waals surface area contributed by atoms with Crippen molar-refractivity contribution in [2.24, 2.45) is 0 Å². The van der Waals surface area contributed by atoms with Gasteiger partial charge in [0.1, 0.15) is 11.6 Å². The van der Waals surface area contributed by atoms with Gasteiger partial charge in [-0.2, -0.15) is 13.2 Å². The first-order valence-corrected chi connectivity index (χ1v) is 11.5. The fourth-order valence-electron chi connectivity index (χ4n) is 4.51. The number of hydrogen-bond donors (Lipinski definition) is 2. The van der Waals surface area contributed by atoms with Crippen LogP contribution in [0.4, 0.5) is 19.0 Å². The molecule has 1 unspecified atom stereocenters. The summed E-state index contributed by atoms with van der Waals surface area (Å²) >= 11 is 0. The van der Waals surface area contributed by atoms with Gasteiger partial charge in [-0.05, 0) is 55.3 Å². The van der Waals surface area contributed by atoms with E-state index in [2.05, 4.69) is 10.3 Å². The maximum atomic E-state index is 13.4. The monoisotopic (exact) mass is 492 g/mol. The molecule has 1 atom stereocenters. The van der Waals surface area contributed by atoms with Crippen LogP contribution in [0.3, 0.4) is 0 Å². The number of nitrogens with zero attached hydrogens (tertiary/aromatic N) is 3. The van der Waals surface area contributed by atoms with Gasteiger partial charge in [-0.3, -0.25) is 4.79 Å². The quantitative estimate of drug-likeness (QED) is 0.402. The molecule has 0 spiro atoms. The molecule has 1 aromatic heterocycles. The molecule has 2 N–H and O–H groups in total. The number of nitrogens with one attached hydrogen (secondary N) is 1. The zero-order valence-corrected chi connectivity index (χ0v) is 19.4. The number of carbonyl (C=O) groups is 1. The summed E-state index contributed by atoms with van der Waals surface area (Å²) < 4.78 is 40.1. The minimum absolute atomic E-state index is 0.0605. The molecule has 0 aliphatic carbocycles. The molecule has 5 rings (SSSR count). The van der Waals surface area contributed by atoms with E-state index in [9.17, 15) is 23.1 Å². The van der Waals surface area contributed by atoms with E-state index < -0.39 is 23.2 Å². The van der Waals surface area contributed by atoms with Crippen molar-refractivity contribution in [3.63, 3.8) is 0 Å². The van der Waals surface area contributed by atoms with Crippen molar-refractivity contribution in [3.8, 4) is 17.1 Å². The molecule has 1 aliphatic heterocycles. The Balaban J connectivity index is 1.44. The van der Waals surface area contributed by atoms with E-state index in [-0.39, 0.29) is 11.8 Å². The van der Waals surface area contributed by atoms with Gasteiger partial charge in [0.25, 0.3) is 5.91 Å². The van der Waals surface area contributed by atoms with Crippen molar-refractivity contribution >= 4 is 22.6 Å². The Labute approximate surface area is 205 Å². The van der Waals surface area contributed by atoms with Crippen LogP contribution in [0.2, 0.25) is 0 Å². The summed E-state index contributed by atoms with van der Waals surface area (Å²) in [4.78, 5) is 24.2. The molecular formula is C27H23F3N4O2. The number of phenols is 1. The second kappa shape index (κ2) is 9.14. The van der Waals surface area contributed by atoms with Crippen molar-refractivity contribution in [1.82, 2.24) is 15.3 Å². The highest BCUT2D eigenvalue weighted by Crippen LogP contribution is 2.34. The van der Waals surface area contributed by atoms with E-state index in [1.165, 1.54) is 18.2 Å². The van der Waals surface area contributed by atoms with Crippen LogP contribution in [0.5, 0.6) is 5.75 Å². The van der Waals surface area contributed by atoms with Crippen LogP contribution >= 0.6 is 0 Å². The van der Waals surface area contributed by atoms with Crippen molar-refractivity contribution in [3.05, 3.63) is 83.4 Å². The molecule has 9 heteroatoms. The Morgan fingerprint density at radius 3 is 2.58 bits per heavy atom. The van der Waals surface area contributed by atoms with E-state index in [1.807, 2.05) is 30.0 Å². The van der Waals surface area contributed by atoms with Crippen molar-refractivity contribution < 1.29 is 23.1 Å². The number of halogens is 3. The Morgan fingerprint density at radius 2 is 1.81 bits per heavy atom. The standard InChI is InChI=1S/C27H23F3N4O2/c1-16-10-11-19-22(14-16)32-24(20-7-3-5-9-23(20)35)33-25(19)34-13-12-17(15-34)31-26(36)18-6-2-4-8-21(18)27(28,29)30/h2-11,14,17,35H,12-13,15H2,1H3,(H,31,36). The predicted molar refractivity (Wildman–Crippen MR) is 131 cm³/mol. The largest absolute Gasteiger partial charge is 0.507 e. The Hall–Kier alpha value is -4.14. The minimum atomic E-state index is -4.62. The smallest absolute Gasteiger partial charge is 0.417 e. The molecule has 0 bridgehead atoms. The molecule has 1 saturated heterocycles. The maximum absolute atomic E-state index is 13.4. The fourth-order valence-corrected chi connectivity index (χ4v) is 4.51. The van der Waals surface area contributed by atoms with E-state index in [4.69, 9.17) is 4.98 Å². The van der Waals surface area contributed by atoms with E-state index in [1.54, 1.807) is 24.3 Å². The molecule has 36 heavy (non-hydrogen) atoms. The van der Waals surface area contributed by atoms with Gasteiger partial charge in [0.05, 0.1) is 22.2 Å². The number of para-hydroxylation sites is 1. The highest BCUT2D eigenvalue weighted by Gasteiger charge is 2.36. The zero-order chi connectivity index (χ0) is 25.4. The molecule has 0 radical (unpaired) electrons. The molecule has 6 nitrogen and oxygen atoms in total. The van der Waals surface area contributed by atoms with Gasteiger partial charge < -0.3 is 15.3 Å². The zero-order valence-electron chi connectivity index (χ0n) is 19.4. The average molecular weight is 493 g/mol. The summed E-state index contributed by atoms with van der Waals surface area (Å²) in [6.07, 6.45) is -4.07. The number of fused-ring (bicyclic) bond motifs is 1. The number of phenolic OH excluding ortho intramolecular Hbond substituents is 1. The van der Waals surface area contributed by atoms with Crippen LogP contribution in [0, 0.1) is 6.92 Å². The lowest BCUT2D eigenvalue weighted by Gasteiger charge is -2.21. The van der Waals surface area contributed by atoms with E-state index >= 15 is 0 Å². The summed E-state index contributed by atoms with van der Waals surface area (Å²) in [5.41, 5.74) is 0.875. The first kappa shape index (κ1) is 23.6. The van der Waals surface area contributed by atoms with Gasteiger partial charge in [0.2, 0.25) is 0 Å². The molecular weight excluding hydrogens is 469 g/mol. The third-order valence-corrected chi connectivity index (χ3v) is 6.28. The number of anilines is 1.